The van der Waals surface area contributed by atoms with Crippen LogP contribution in [0.25, 0.3) is 22.0 Å². The lowest BCUT2D eigenvalue weighted by Gasteiger charge is -2.08. The average molecular weight is 464 g/mol. The summed E-state index contributed by atoms with van der Waals surface area (Å²) in [6.07, 6.45) is 1.60. The van der Waals surface area contributed by atoms with Crippen molar-refractivity contribution in [3.8, 4) is 11.1 Å². The molecule has 1 N–H and O–H groups in total. The van der Waals surface area contributed by atoms with E-state index in [0.29, 0.717) is 22.2 Å². The smallest absolute Gasteiger partial charge is 0.303 e. The molecular formula is C20H18ClN3O4S2. The second-order valence-corrected chi connectivity index (χ2v) is 9.81. The molecule has 0 aliphatic carbocycles. The summed E-state index contributed by atoms with van der Waals surface area (Å²) in [6.45, 7) is 1.59. The highest BCUT2D eigenvalue weighted by atomic mass is 35.5. The molecule has 0 aliphatic rings. The van der Waals surface area contributed by atoms with Crippen LogP contribution in [0.2, 0.25) is 5.15 Å². The molecule has 0 fully saturated rings. The first-order chi connectivity index (χ1) is 14.2. The summed E-state index contributed by atoms with van der Waals surface area (Å²) in [5.74, 6) is -0.945. The summed E-state index contributed by atoms with van der Waals surface area (Å²) >= 11 is 7.80. The Morgan fingerprint density at radius 2 is 2.03 bits per heavy atom. The predicted octanol–water partition coefficient (Wildman–Crippen LogP) is 4.32. The lowest BCUT2D eigenvalue weighted by atomic mass is 10.0. The van der Waals surface area contributed by atoms with E-state index in [-0.39, 0.29) is 22.9 Å². The van der Waals surface area contributed by atoms with Gasteiger partial charge in [-0.15, -0.1) is 0 Å². The molecule has 0 saturated heterocycles. The van der Waals surface area contributed by atoms with Gasteiger partial charge in [-0.2, -0.15) is 16.4 Å². The molecule has 156 valence electrons. The van der Waals surface area contributed by atoms with Crippen LogP contribution in [-0.2, 0) is 28.3 Å². The van der Waals surface area contributed by atoms with Crippen LogP contribution in [0, 0.1) is 6.92 Å². The van der Waals surface area contributed by atoms with Crippen LogP contribution in [-0.4, -0.2) is 33.2 Å². The van der Waals surface area contributed by atoms with Crippen molar-refractivity contribution in [1.82, 2.24) is 13.8 Å². The zero-order valence-corrected chi connectivity index (χ0v) is 18.6. The first kappa shape index (κ1) is 20.6. The second kappa shape index (κ2) is 7.57. The van der Waals surface area contributed by atoms with Gasteiger partial charge < -0.3 is 5.11 Å². The molecule has 4 rings (SSSR count). The topological polar surface area (TPSA) is 94.2 Å². The van der Waals surface area contributed by atoms with E-state index in [1.165, 1.54) is 14.9 Å². The van der Waals surface area contributed by atoms with Crippen LogP contribution >= 0.6 is 22.9 Å². The fourth-order valence-electron chi connectivity index (χ4n) is 3.52. The third-order valence-electron chi connectivity index (χ3n) is 4.93. The number of carboxylic acids is 1. The van der Waals surface area contributed by atoms with E-state index >= 15 is 0 Å². The van der Waals surface area contributed by atoms with Gasteiger partial charge in [-0.1, -0.05) is 17.7 Å². The molecule has 30 heavy (non-hydrogen) atoms. The van der Waals surface area contributed by atoms with E-state index in [1.54, 1.807) is 31.4 Å². The number of hydrogen-bond acceptors (Lipinski definition) is 5. The monoisotopic (exact) mass is 463 g/mol. The third kappa shape index (κ3) is 3.42. The van der Waals surface area contributed by atoms with Gasteiger partial charge in [0.1, 0.15) is 10.0 Å². The lowest BCUT2D eigenvalue weighted by molar-refractivity contribution is -0.136. The van der Waals surface area contributed by atoms with Crippen molar-refractivity contribution in [3.05, 3.63) is 57.6 Å². The van der Waals surface area contributed by atoms with Gasteiger partial charge in [-0.25, -0.2) is 12.4 Å². The molecule has 4 aromatic rings. The van der Waals surface area contributed by atoms with Gasteiger partial charge in [0.05, 0.1) is 11.2 Å². The van der Waals surface area contributed by atoms with E-state index < -0.39 is 16.0 Å². The second-order valence-electron chi connectivity index (χ2n) is 6.92. The zero-order valence-electron chi connectivity index (χ0n) is 16.2. The van der Waals surface area contributed by atoms with Crippen molar-refractivity contribution in [1.29, 1.82) is 0 Å². The Balaban J connectivity index is 1.94. The number of carbonyl (C=O) groups is 1. The van der Waals surface area contributed by atoms with Gasteiger partial charge in [-0.05, 0) is 59.0 Å². The van der Waals surface area contributed by atoms with Gasteiger partial charge in [0.25, 0.3) is 10.0 Å². The summed E-state index contributed by atoms with van der Waals surface area (Å²) in [4.78, 5) is 11.1. The van der Waals surface area contributed by atoms with Crippen molar-refractivity contribution in [2.45, 2.75) is 24.7 Å². The largest absolute Gasteiger partial charge is 0.481 e. The third-order valence-corrected chi connectivity index (χ3v) is 7.99. The van der Waals surface area contributed by atoms with Crippen molar-refractivity contribution in [3.63, 3.8) is 0 Å². The van der Waals surface area contributed by atoms with Gasteiger partial charge in [-0.3, -0.25) is 9.48 Å². The number of aliphatic carboxylic acids is 1. The summed E-state index contributed by atoms with van der Waals surface area (Å²) in [6, 6.07) is 7.48. The average Bonchev–Trinajstić information content (AvgIpc) is 3.39. The van der Waals surface area contributed by atoms with Crippen LogP contribution < -0.4 is 0 Å². The minimum absolute atomic E-state index is 0.0244. The van der Waals surface area contributed by atoms with Crippen molar-refractivity contribution < 1.29 is 18.3 Å². The fraction of sp³-hybridized carbons (Fsp3) is 0.200. The number of rotatable bonds is 6. The molecule has 0 atom stereocenters. The van der Waals surface area contributed by atoms with E-state index in [1.807, 2.05) is 29.0 Å². The highest BCUT2D eigenvalue weighted by Crippen LogP contribution is 2.34. The highest BCUT2D eigenvalue weighted by molar-refractivity contribution is 7.90. The molecule has 0 bridgehead atoms. The SMILES string of the molecule is Cc1nn(C)c(Cl)c1S(=O)(=O)n1cc(CCC(=O)O)c2cc(-c3ccsc3)ccc21. The molecule has 3 aromatic heterocycles. The Morgan fingerprint density at radius 1 is 1.27 bits per heavy atom. The normalized spacial score (nSPS) is 12.0. The standard InChI is InChI=1S/C20H18ClN3O4S2/c1-12-19(20(21)23(2)22-12)30(27,28)24-10-14(4-6-18(25)26)16-9-13(3-5-17(16)24)15-7-8-29-11-15/h3,5,7-11H,4,6H2,1-2H3,(H,25,26). The van der Waals surface area contributed by atoms with Crippen LogP contribution in [0.4, 0.5) is 0 Å². The highest BCUT2D eigenvalue weighted by Gasteiger charge is 2.29. The minimum atomic E-state index is -4.03. The first-order valence-electron chi connectivity index (χ1n) is 9.03. The van der Waals surface area contributed by atoms with Crippen LogP contribution in [0.3, 0.4) is 0 Å². The molecule has 3 heterocycles. The Morgan fingerprint density at radius 3 is 2.63 bits per heavy atom. The maximum absolute atomic E-state index is 13.5. The number of benzene rings is 1. The van der Waals surface area contributed by atoms with Gasteiger partial charge in [0.2, 0.25) is 0 Å². The minimum Gasteiger partial charge on any atom is -0.481 e. The maximum atomic E-state index is 13.5. The molecule has 7 nitrogen and oxygen atoms in total. The molecule has 1 aromatic carbocycles. The molecule has 0 saturated carbocycles. The van der Waals surface area contributed by atoms with Crippen LogP contribution in [0.5, 0.6) is 0 Å². The Hall–Kier alpha value is -2.62. The van der Waals surface area contributed by atoms with Crippen LogP contribution in [0.15, 0.2) is 46.1 Å². The van der Waals surface area contributed by atoms with Gasteiger partial charge in [0.15, 0.2) is 0 Å². The van der Waals surface area contributed by atoms with Crippen molar-refractivity contribution in [2.24, 2.45) is 7.05 Å². The zero-order chi connectivity index (χ0) is 21.6. The number of aromatic nitrogens is 3. The summed E-state index contributed by atoms with van der Waals surface area (Å²) < 4.78 is 29.4. The number of hydrogen-bond donors (Lipinski definition) is 1. The van der Waals surface area contributed by atoms with E-state index in [4.69, 9.17) is 16.7 Å². The summed E-state index contributed by atoms with van der Waals surface area (Å²) in [7, 11) is -2.46. The molecule has 0 aliphatic heterocycles. The summed E-state index contributed by atoms with van der Waals surface area (Å²) in [5, 5.41) is 17.9. The molecule has 0 unspecified atom stereocenters. The van der Waals surface area contributed by atoms with E-state index in [2.05, 4.69) is 5.10 Å². The van der Waals surface area contributed by atoms with E-state index in [9.17, 15) is 13.2 Å². The number of thiophene rings is 1. The maximum Gasteiger partial charge on any atom is 0.303 e. The number of carboxylic acid groups (broad SMARTS) is 1. The van der Waals surface area contributed by atoms with Crippen molar-refractivity contribution >= 4 is 49.8 Å². The van der Waals surface area contributed by atoms with Gasteiger partial charge >= 0.3 is 5.97 Å². The Labute approximate surface area is 182 Å². The number of nitrogens with zero attached hydrogens (tertiary/aromatic N) is 3. The van der Waals surface area contributed by atoms with E-state index in [0.717, 1.165) is 11.1 Å². The molecule has 0 amide bonds. The van der Waals surface area contributed by atoms with Gasteiger partial charge in [0, 0.05) is 25.1 Å². The molecule has 0 spiro atoms. The lowest BCUT2D eigenvalue weighted by Crippen LogP contribution is -2.13. The number of halogens is 1. The number of aryl methyl sites for hydroxylation is 3. The number of fused-ring (bicyclic) bond motifs is 1. The molecule has 10 heteroatoms. The fourth-order valence-corrected chi connectivity index (χ4v) is 6.29. The molecule has 0 radical (unpaired) electrons. The first-order valence-corrected chi connectivity index (χ1v) is 11.8. The Kier molecular flexibility index (Phi) is 5.21. The Bertz CT molecular complexity index is 1370. The van der Waals surface area contributed by atoms with Crippen LogP contribution in [0.1, 0.15) is 17.7 Å². The predicted molar refractivity (Wildman–Crippen MR) is 117 cm³/mol. The van der Waals surface area contributed by atoms with Crippen molar-refractivity contribution in [2.75, 3.05) is 0 Å². The molecular weight excluding hydrogens is 446 g/mol. The quantitative estimate of drug-likeness (QED) is 0.459. The summed E-state index contributed by atoms with van der Waals surface area (Å²) in [5.41, 5.74) is 3.37.